The van der Waals surface area contributed by atoms with Gasteiger partial charge in [-0.3, -0.25) is 0 Å². The molecule has 0 aromatic heterocycles. The van der Waals surface area contributed by atoms with Crippen LogP contribution >= 0.6 is 0 Å². The third-order valence-corrected chi connectivity index (χ3v) is 2.42. The first-order chi connectivity index (χ1) is 9.63. The summed E-state index contributed by atoms with van der Waals surface area (Å²) >= 11 is 0. The number of benzene rings is 2. The van der Waals surface area contributed by atoms with Crippen LogP contribution in [0.2, 0.25) is 0 Å². The molecule has 2 amide bonds. The van der Waals surface area contributed by atoms with Gasteiger partial charge in [0.05, 0.1) is 0 Å². The standard InChI is InChI=1S/C15H12F2N2O/c16-12-4-1-3-11(9-12)7-8-18-15(20)19-14-6-2-5-13(17)10-14/h1-10H,(H2,18,19,20)/b8-7+. The summed E-state index contributed by atoms with van der Waals surface area (Å²) in [6, 6.07) is 11.0. The molecule has 0 saturated carbocycles. The Morgan fingerprint density at radius 1 is 1.00 bits per heavy atom. The summed E-state index contributed by atoms with van der Waals surface area (Å²) in [6.45, 7) is 0. The van der Waals surface area contributed by atoms with Crippen molar-refractivity contribution in [2.45, 2.75) is 0 Å². The number of carbonyl (C=O) groups is 1. The number of halogens is 2. The van der Waals surface area contributed by atoms with Crippen LogP contribution in [0.5, 0.6) is 0 Å². The van der Waals surface area contributed by atoms with E-state index in [0.29, 0.717) is 11.3 Å². The zero-order chi connectivity index (χ0) is 14.4. The molecule has 5 heteroatoms. The third kappa shape index (κ3) is 4.20. The minimum absolute atomic E-state index is 0.349. The number of amides is 2. The van der Waals surface area contributed by atoms with Crippen LogP contribution in [-0.4, -0.2) is 6.03 Å². The maximum atomic E-state index is 12.9. The van der Waals surface area contributed by atoms with Crippen molar-refractivity contribution in [3.05, 3.63) is 71.9 Å². The summed E-state index contributed by atoms with van der Waals surface area (Å²) in [5, 5.41) is 4.91. The lowest BCUT2D eigenvalue weighted by Crippen LogP contribution is -2.23. The van der Waals surface area contributed by atoms with Gasteiger partial charge in [-0.2, -0.15) is 0 Å². The van der Waals surface area contributed by atoms with Crippen LogP contribution < -0.4 is 10.6 Å². The van der Waals surface area contributed by atoms with Crippen molar-refractivity contribution in [2.24, 2.45) is 0 Å². The highest BCUT2D eigenvalue weighted by Crippen LogP contribution is 2.08. The van der Waals surface area contributed by atoms with Crippen molar-refractivity contribution >= 4 is 17.8 Å². The summed E-state index contributed by atoms with van der Waals surface area (Å²) in [4.78, 5) is 11.5. The molecule has 0 radical (unpaired) electrons. The summed E-state index contributed by atoms with van der Waals surface area (Å²) in [7, 11) is 0. The van der Waals surface area contributed by atoms with Gasteiger partial charge in [-0.25, -0.2) is 13.6 Å². The number of urea groups is 1. The molecular formula is C15H12F2N2O. The van der Waals surface area contributed by atoms with Crippen molar-refractivity contribution in [1.82, 2.24) is 5.32 Å². The van der Waals surface area contributed by atoms with E-state index >= 15 is 0 Å². The molecule has 0 bridgehead atoms. The van der Waals surface area contributed by atoms with E-state index in [4.69, 9.17) is 0 Å². The minimum atomic E-state index is -0.511. The summed E-state index contributed by atoms with van der Waals surface area (Å²) in [5.74, 6) is -0.783. The molecule has 0 aliphatic carbocycles. The van der Waals surface area contributed by atoms with E-state index in [9.17, 15) is 13.6 Å². The van der Waals surface area contributed by atoms with Crippen LogP contribution in [0.25, 0.3) is 6.08 Å². The Morgan fingerprint density at radius 3 is 2.40 bits per heavy atom. The highest BCUT2D eigenvalue weighted by Gasteiger charge is 1.99. The van der Waals surface area contributed by atoms with Crippen molar-refractivity contribution in [2.75, 3.05) is 5.32 Å². The smallest absolute Gasteiger partial charge is 0.314 e. The van der Waals surface area contributed by atoms with E-state index in [1.807, 2.05) is 0 Å². The molecule has 102 valence electrons. The van der Waals surface area contributed by atoms with Crippen molar-refractivity contribution in [1.29, 1.82) is 0 Å². The largest absolute Gasteiger partial charge is 0.323 e. The van der Waals surface area contributed by atoms with E-state index < -0.39 is 11.8 Å². The van der Waals surface area contributed by atoms with Gasteiger partial charge >= 0.3 is 6.03 Å². The molecule has 2 N–H and O–H groups in total. The van der Waals surface area contributed by atoms with Crippen LogP contribution in [0.1, 0.15) is 5.56 Å². The molecule has 2 rings (SSSR count). The molecule has 0 unspecified atom stereocenters. The van der Waals surface area contributed by atoms with E-state index in [-0.39, 0.29) is 5.82 Å². The van der Waals surface area contributed by atoms with Crippen LogP contribution in [0.4, 0.5) is 19.3 Å². The highest BCUT2D eigenvalue weighted by molar-refractivity contribution is 5.90. The van der Waals surface area contributed by atoms with Gasteiger partial charge in [-0.05, 0) is 42.0 Å². The van der Waals surface area contributed by atoms with Gasteiger partial charge in [0, 0.05) is 11.9 Å². The second kappa shape index (κ2) is 6.47. The minimum Gasteiger partial charge on any atom is -0.314 e. The van der Waals surface area contributed by atoms with Gasteiger partial charge in [0.2, 0.25) is 0 Å². The zero-order valence-corrected chi connectivity index (χ0v) is 10.4. The SMILES string of the molecule is O=C(N/C=C/c1cccc(F)c1)Nc1cccc(F)c1. The molecule has 2 aromatic carbocycles. The van der Waals surface area contributed by atoms with Crippen LogP contribution in [0.15, 0.2) is 54.7 Å². The van der Waals surface area contributed by atoms with Crippen LogP contribution in [0, 0.1) is 11.6 Å². The number of carbonyl (C=O) groups excluding carboxylic acids is 1. The topological polar surface area (TPSA) is 41.1 Å². The van der Waals surface area contributed by atoms with Crippen molar-refractivity contribution in [3.8, 4) is 0 Å². The van der Waals surface area contributed by atoms with E-state index in [1.165, 1.54) is 36.5 Å². The molecule has 0 spiro atoms. The summed E-state index contributed by atoms with van der Waals surface area (Å²) in [6.07, 6.45) is 2.93. The van der Waals surface area contributed by atoms with Gasteiger partial charge in [0.15, 0.2) is 0 Å². The molecule has 0 heterocycles. The maximum Gasteiger partial charge on any atom is 0.323 e. The van der Waals surface area contributed by atoms with Crippen molar-refractivity contribution < 1.29 is 13.6 Å². The summed E-state index contributed by atoms with van der Waals surface area (Å²) in [5.41, 5.74) is 0.970. The molecule has 0 aliphatic heterocycles. The number of nitrogens with one attached hydrogen (secondary N) is 2. The normalized spacial score (nSPS) is 10.5. The fourth-order valence-electron chi connectivity index (χ4n) is 1.56. The average molecular weight is 274 g/mol. The predicted octanol–water partition coefficient (Wildman–Crippen LogP) is 3.76. The van der Waals surface area contributed by atoms with Crippen LogP contribution in [-0.2, 0) is 0 Å². The fourth-order valence-corrected chi connectivity index (χ4v) is 1.56. The number of rotatable bonds is 3. The van der Waals surface area contributed by atoms with Gasteiger partial charge in [-0.1, -0.05) is 18.2 Å². The first-order valence-electron chi connectivity index (χ1n) is 5.89. The number of anilines is 1. The quantitative estimate of drug-likeness (QED) is 0.879. The Balaban J connectivity index is 1.89. The van der Waals surface area contributed by atoms with Gasteiger partial charge < -0.3 is 10.6 Å². The van der Waals surface area contributed by atoms with E-state index in [1.54, 1.807) is 24.3 Å². The Labute approximate surface area is 114 Å². The highest BCUT2D eigenvalue weighted by atomic mass is 19.1. The Kier molecular flexibility index (Phi) is 4.44. The zero-order valence-electron chi connectivity index (χ0n) is 10.4. The third-order valence-electron chi connectivity index (χ3n) is 2.42. The lowest BCUT2D eigenvalue weighted by atomic mass is 10.2. The molecule has 0 atom stereocenters. The van der Waals surface area contributed by atoms with Gasteiger partial charge in [0.1, 0.15) is 11.6 Å². The molecule has 20 heavy (non-hydrogen) atoms. The van der Waals surface area contributed by atoms with E-state index in [2.05, 4.69) is 10.6 Å². The molecule has 2 aromatic rings. The Morgan fingerprint density at radius 2 is 1.70 bits per heavy atom. The molecule has 0 saturated heterocycles. The molecule has 3 nitrogen and oxygen atoms in total. The monoisotopic (exact) mass is 274 g/mol. The molecule has 0 fully saturated rings. The molecular weight excluding hydrogens is 262 g/mol. The van der Waals surface area contributed by atoms with Crippen LogP contribution in [0.3, 0.4) is 0 Å². The maximum absolute atomic E-state index is 12.9. The summed E-state index contributed by atoms with van der Waals surface area (Å²) < 4.78 is 25.8. The lowest BCUT2D eigenvalue weighted by molar-refractivity contribution is 0.255. The number of hydrogen-bond acceptors (Lipinski definition) is 1. The first kappa shape index (κ1) is 13.7. The van der Waals surface area contributed by atoms with E-state index in [0.717, 1.165) is 0 Å². The average Bonchev–Trinajstić information content (AvgIpc) is 2.38. The Bertz CT molecular complexity index is 641. The van der Waals surface area contributed by atoms with Gasteiger partial charge in [0.25, 0.3) is 0 Å². The predicted molar refractivity (Wildman–Crippen MR) is 74.0 cm³/mol. The second-order valence-corrected chi connectivity index (χ2v) is 4.00. The molecule has 0 aliphatic rings. The Hall–Kier alpha value is -2.69. The lowest BCUT2D eigenvalue weighted by Gasteiger charge is -2.04. The number of hydrogen-bond donors (Lipinski definition) is 2. The van der Waals surface area contributed by atoms with Gasteiger partial charge in [-0.15, -0.1) is 0 Å². The first-order valence-corrected chi connectivity index (χ1v) is 5.89. The van der Waals surface area contributed by atoms with Crippen molar-refractivity contribution in [3.63, 3.8) is 0 Å². The second-order valence-electron chi connectivity index (χ2n) is 4.00. The fraction of sp³-hybridized carbons (Fsp3) is 0.